The maximum absolute atomic E-state index is 12.4. The van der Waals surface area contributed by atoms with Crippen LogP contribution in [0.5, 0.6) is 11.5 Å². The van der Waals surface area contributed by atoms with E-state index in [4.69, 9.17) is 9.47 Å². The Labute approximate surface area is 126 Å². The number of piperazine rings is 1. The van der Waals surface area contributed by atoms with Gasteiger partial charge in [-0.2, -0.15) is 0 Å². The van der Waals surface area contributed by atoms with Gasteiger partial charge in [0.1, 0.15) is 0 Å². The molecular weight excluding hydrogens is 268 g/mol. The van der Waals surface area contributed by atoms with Crippen LogP contribution < -0.4 is 14.8 Å². The quantitative estimate of drug-likeness (QED) is 0.913. The number of rotatable bonds is 4. The molecule has 1 saturated heterocycles. The molecule has 2 unspecified atom stereocenters. The summed E-state index contributed by atoms with van der Waals surface area (Å²) in [5, 5.41) is 3.43. The van der Waals surface area contributed by atoms with Crippen LogP contribution in [0.2, 0.25) is 0 Å². The van der Waals surface area contributed by atoms with E-state index in [9.17, 15) is 4.79 Å². The molecule has 1 fully saturated rings. The van der Waals surface area contributed by atoms with E-state index < -0.39 is 0 Å². The number of amides is 1. The Morgan fingerprint density at radius 2 is 1.81 bits per heavy atom. The van der Waals surface area contributed by atoms with Gasteiger partial charge in [0.05, 0.1) is 20.6 Å². The van der Waals surface area contributed by atoms with Crippen molar-refractivity contribution in [3.63, 3.8) is 0 Å². The van der Waals surface area contributed by atoms with Gasteiger partial charge in [-0.25, -0.2) is 0 Å². The second-order valence-electron chi connectivity index (χ2n) is 5.63. The first-order chi connectivity index (χ1) is 10.0. The van der Waals surface area contributed by atoms with E-state index in [1.165, 1.54) is 0 Å². The number of carbonyl (C=O) groups excluding carboxylic acids is 1. The van der Waals surface area contributed by atoms with E-state index in [2.05, 4.69) is 19.2 Å². The molecule has 5 nitrogen and oxygen atoms in total. The van der Waals surface area contributed by atoms with E-state index in [-0.39, 0.29) is 5.91 Å². The van der Waals surface area contributed by atoms with Gasteiger partial charge in [-0.05, 0) is 31.5 Å². The van der Waals surface area contributed by atoms with Gasteiger partial charge in [-0.1, -0.05) is 6.07 Å². The molecule has 0 saturated carbocycles. The molecule has 1 aromatic rings. The molecule has 1 N–H and O–H groups in total. The second-order valence-corrected chi connectivity index (χ2v) is 5.63. The van der Waals surface area contributed by atoms with Crippen molar-refractivity contribution in [1.29, 1.82) is 0 Å². The van der Waals surface area contributed by atoms with Gasteiger partial charge in [0, 0.05) is 25.2 Å². The Kier molecular flexibility index (Phi) is 5.07. The number of methoxy groups -OCH3 is 2. The molecule has 0 bridgehead atoms. The first kappa shape index (κ1) is 15.6. The Balaban J connectivity index is 2.05. The summed E-state index contributed by atoms with van der Waals surface area (Å²) in [6.45, 7) is 5.73. The molecule has 1 amide bonds. The third kappa shape index (κ3) is 3.88. The van der Waals surface area contributed by atoms with Crippen LogP contribution in [0.4, 0.5) is 0 Å². The fraction of sp³-hybridized carbons (Fsp3) is 0.562. The molecule has 116 valence electrons. The molecule has 5 heteroatoms. The summed E-state index contributed by atoms with van der Waals surface area (Å²) in [5.74, 6) is 1.49. The van der Waals surface area contributed by atoms with Crippen molar-refractivity contribution in [2.75, 3.05) is 27.3 Å². The van der Waals surface area contributed by atoms with Crippen molar-refractivity contribution in [2.45, 2.75) is 32.4 Å². The summed E-state index contributed by atoms with van der Waals surface area (Å²) in [4.78, 5) is 14.4. The number of ether oxygens (including phenoxy) is 2. The van der Waals surface area contributed by atoms with Gasteiger partial charge < -0.3 is 19.7 Å². The molecule has 1 aliphatic rings. The van der Waals surface area contributed by atoms with Gasteiger partial charge in [-0.3, -0.25) is 4.79 Å². The summed E-state index contributed by atoms with van der Waals surface area (Å²) in [5.41, 5.74) is 0.941. The van der Waals surface area contributed by atoms with Crippen LogP contribution in [-0.2, 0) is 11.2 Å². The minimum absolute atomic E-state index is 0.155. The van der Waals surface area contributed by atoms with Gasteiger partial charge in [0.2, 0.25) is 5.91 Å². The Bertz CT molecular complexity index is 494. The first-order valence-electron chi connectivity index (χ1n) is 7.28. The average molecular weight is 292 g/mol. The summed E-state index contributed by atoms with van der Waals surface area (Å²) in [6, 6.07) is 6.29. The molecule has 0 aromatic heterocycles. The minimum atomic E-state index is 0.155. The predicted octanol–water partition coefficient (Wildman–Crippen LogP) is 1.46. The highest BCUT2D eigenvalue weighted by molar-refractivity contribution is 5.79. The highest BCUT2D eigenvalue weighted by Gasteiger charge is 2.24. The highest BCUT2D eigenvalue weighted by Crippen LogP contribution is 2.27. The standard InChI is InChI=1S/C16H24N2O3/c1-11-9-18(10-12(2)17-11)16(19)8-13-5-6-14(20-3)15(7-13)21-4/h5-7,11-12,17H,8-10H2,1-4H3. The van der Waals surface area contributed by atoms with E-state index in [1.807, 2.05) is 23.1 Å². The molecule has 1 aromatic carbocycles. The SMILES string of the molecule is COc1ccc(CC(=O)N2CC(C)NC(C)C2)cc1OC. The smallest absolute Gasteiger partial charge is 0.227 e. The van der Waals surface area contributed by atoms with Crippen LogP contribution in [0.3, 0.4) is 0 Å². The van der Waals surface area contributed by atoms with Crippen molar-refractivity contribution >= 4 is 5.91 Å². The average Bonchev–Trinajstić information content (AvgIpc) is 2.46. The maximum atomic E-state index is 12.4. The number of nitrogens with zero attached hydrogens (tertiary/aromatic N) is 1. The highest BCUT2D eigenvalue weighted by atomic mass is 16.5. The first-order valence-corrected chi connectivity index (χ1v) is 7.28. The molecule has 0 aliphatic carbocycles. The largest absolute Gasteiger partial charge is 0.493 e. The summed E-state index contributed by atoms with van der Waals surface area (Å²) >= 11 is 0. The fourth-order valence-corrected chi connectivity index (χ4v) is 2.81. The maximum Gasteiger partial charge on any atom is 0.227 e. The van der Waals surface area contributed by atoms with Crippen molar-refractivity contribution in [3.8, 4) is 11.5 Å². The Hall–Kier alpha value is -1.75. The zero-order chi connectivity index (χ0) is 15.4. The van der Waals surface area contributed by atoms with E-state index in [1.54, 1.807) is 14.2 Å². The molecule has 1 aliphatic heterocycles. The van der Waals surface area contributed by atoms with Gasteiger partial charge >= 0.3 is 0 Å². The van der Waals surface area contributed by atoms with Crippen LogP contribution in [0, 0.1) is 0 Å². The van der Waals surface area contributed by atoms with Crippen molar-refractivity contribution in [3.05, 3.63) is 23.8 Å². The third-order valence-electron chi connectivity index (χ3n) is 3.71. The summed E-state index contributed by atoms with van der Waals surface area (Å²) < 4.78 is 10.5. The lowest BCUT2D eigenvalue weighted by atomic mass is 10.1. The predicted molar refractivity (Wildman–Crippen MR) is 81.9 cm³/mol. The number of nitrogens with one attached hydrogen (secondary N) is 1. The topological polar surface area (TPSA) is 50.8 Å². The van der Waals surface area contributed by atoms with Crippen LogP contribution in [0.25, 0.3) is 0 Å². The Morgan fingerprint density at radius 1 is 1.19 bits per heavy atom. The Morgan fingerprint density at radius 3 is 2.38 bits per heavy atom. The van der Waals surface area contributed by atoms with Crippen molar-refractivity contribution in [2.24, 2.45) is 0 Å². The van der Waals surface area contributed by atoms with E-state index in [0.717, 1.165) is 18.7 Å². The molecule has 2 atom stereocenters. The van der Waals surface area contributed by atoms with Crippen LogP contribution in [0.15, 0.2) is 18.2 Å². The van der Waals surface area contributed by atoms with Gasteiger partial charge in [-0.15, -0.1) is 0 Å². The van der Waals surface area contributed by atoms with Gasteiger partial charge in [0.25, 0.3) is 0 Å². The summed E-state index contributed by atoms with van der Waals surface area (Å²) in [7, 11) is 3.20. The van der Waals surface area contributed by atoms with Crippen LogP contribution >= 0.6 is 0 Å². The fourth-order valence-electron chi connectivity index (χ4n) is 2.81. The monoisotopic (exact) mass is 292 g/mol. The van der Waals surface area contributed by atoms with Crippen molar-refractivity contribution < 1.29 is 14.3 Å². The number of hydrogen-bond donors (Lipinski definition) is 1. The van der Waals surface area contributed by atoms with E-state index in [0.29, 0.717) is 30.0 Å². The van der Waals surface area contributed by atoms with Gasteiger partial charge in [0.15, 0.2) is 11.5 Å². The number of benzene rings is 1. The van der Waals surface area contributed by atoms with Crippen LogP contribution in [-0.4, -0.2) is 50.2 Å². The lowest BCUT2D eigenvalue weighted by Gasteiger charge is -2.36. The third-order valence-corrected chi connectivity index (χ3v) is 3.71. The molecule has 0 spiro atoms. The minimum Gasteiger partial charge on any atom is -0.493 e. The zero-order valence-corrected chi connectivity index (χ0v) is 13.2. The zero-order valence-electron chi connectivity index (χ0n) is 13.2. The van der Waals surface area contributed by atoms with Crippen molar-refractivity contribution in [1.82, 2.24) is 10.2 Å². The lowest BCUT2D eigenvalue weighted by molar-refractivity contribution is -0.132. The second kappa shape index (κ2) is 6.80. The molecule has 21 heavy (non-hydrogen) atoms. The molecule has 1 heterocycles. The number of carbonyl (C=O) groups is 1. The lowest BCUT2D eigenvalue weighted by Crippen LogP contribution is -2.56. The normalized spacial score (nSPS) is 22.0. The number of hydrogen-bond acceptors (Lipinski definition) is 4. The molecular formula is C16H24N2O3. The summed E-state index contributed by atoms with van der Waals surface area (Å²) in [6.07, 6.45) is 0.389. The van der Waals surface area contributed by atoms with Crippen LogP contribution in [0.1, 0.15) is 19.4 Å². The molecule has 0 radical (unpaired) electrons. The molecule has 2 rings (SSSR count). The van der Waals surface area contributed by atoms with E-state index >= 15 is 0 Å².